The van der Waals surface area contributed by atoms with Gasteiger partial charge in [-0.15, -0.1) is 0 Å². The predicted molar refractivity (Wildman–Crippen MR) is 160 cm³/mol. The number of imidazole rings is 1. The number of nitrogen functional groups attached to an aromatic ring is 1. The molecular weight excluding hydrogens is 545 g/mol. The summed E-state index contributed by atoms with van der Waals surface area (Å²) in [4.78, 5) is 28.5. The molecule has 10 nitrogen and oxygen atoms in total. The number of nitrogens with two attached hydrogens (primary N) is 1. The average molecular weight is 578 g/mol. The van der Waals surface area contributed by atoms with E-state index in [0.717, 1.165) is 42.5 Å². The Morgan fingerprint density at radius 2 is 1.88 bits per heavy atom. The second kappa shape index (κ2) is 10.3. The van der Waals surface area contributed by atoms with Crippen LogP contribution in [-0.4, -0.2) is 65.4 Å². The van der Waals surface area contributed by atoms with Crippen molar-refractivity contribution in [1.82, 2.24) is 39.5 Å². The molecule has 1 aromatic carbocycles. The highest BCUT2D eigenvalue weighted by Gasteiger charge is 2.46. The Labute approximate surface area is 247 Å². The highest BCUT2D eigenvalue weighted by Crippen LogP contribution is 2.38. The van der Waals surface area contributed by atoms with Gasteiger partial charge in [0.25, 0.3) is 0 Å². The van der Waals surface area contributed by atoms with E-state index in [1.807, 2.05) is 41.4 Å². The molecule has 5 aromatic rings. The molecule has 5 heterocycles. The van der Waals surface area contributed by atoms with Crippen molar-refractivity contribution in [2.75, 3.05) is 18.8 Å². The van der Waals surface area contributed by atoms with Crippen LogP contribution >= 0.6 is 0 Å². The number of hydrogen-bond donors (Lipinski definition) is 2. The fourth-order valence-corrected chi connectivity index (χ4v) is 6.63. The minimum Gasteiger partial charge on any atom is -0.383 e. The third-order valence-corrected chi connectivity index (χ3v) is 9.04. The zero-order valence-electron chi connectivity index (χ0n) is 23.6. The second-order valence-electron chi connectivity index (χ2n) is 11.8. The van der Waals surface area contributed by atoms with Crippen LogP contribution < -0.4 is 11.1 Å². The normalized spacial score (nSPS) is 21.8. The van der Waals surface area contributed by atoms with Crippen molar-refractivity contribution in [3.05, 3.63) is 78.2 Å². The van der Waals surface area contributed by atoms with E-state index in [9.17, 15) is 9.18 Å². The van der Waals surface area contributed by atoms with Gasteiger partial charge in [-0.2, -0.15) is 5.10 Å². The maximum atomic E-state index is 13.4. The Morgan fingerprint density at radius 3 is 2.65 bits per heavy atom. The van der Waals surface area contributed by atoms with Gasteiger partial charge < -0.3 is 16.0 Å². The van der Waals surface area contributed by atoms with Crippen molar-refractivity contribution >= 4 is 22.9 Å². The molecule has 1 saturated heterocycles. The first-order valence-electron chi connectivity index (χ1n) is 15.0. The molecule has 3 N–H and O–H groups in total. The molecule has 2 fully saturated rings. The Balaban J connectivity index is 1.09. The molecule has 4 aromatic heterocycles. The first-order chi connectivity index (χ1) is 21.0. The number of aromatic nitrogens is 6. The van der Waals surface area contributed by atoms with Crippen molar-refractivity contribution in [2.24, 2.45) is 5.92 Å². The number of hydrogen-bond acceptors (Lipinski definition) is 7. The molecule has 43 heavy (non-hydrogen) atoms. The first-order valence-corrected chi connectivity index (χ1v) is 15.0. The smallest absolute Gasteiger partial charge is 0.228 e. The minimum atomic E-state index is -0.935. The summed E-state index contributed by atoms with van der Waals surface area (Å²) in [5.41, 5.74) is 12.1. The van der Waals surface area contributed by atoms with E-state index in [-0.39, 0.29) is 11.9 Å². The van der Waals surface area contributed by atoms with Crippen molar-refractivity contribution < 1.29 is 9.18 Å². The van der Waals surface area contributed by atoms with E-state index in [4.69, 9.17) is 15.7 Å². The molecule has 2 aliphatic carbocycles. The van der Waals surface area contributed by atoms with Gasteiger partial charge in [0.15, 0.2) is 17.3 Å². The maximum absolute atomic E-state index is 13.4. The van der Waals surface area contributed by atoms with E-state index in [0.29, 0.717) is 48.7 Å². The third-order valence-electron chi connectivity index (χ3n) is 9.04. The number of rotatable bonds is 6. The molecule has 3 atom stereocenters. The lowest BCUT2D eigenvalue weighted by atomic mass is 10.0. The quantitative estimate of drug-likeness (QED) is 0.311. The molecule has 0 bridgehead atoms. The number of fused-ring (bicyclic) bond motifs is 2. The van der Waals surface area contributed by atoms with Gasteiger partial charge in [0, 0.05) is 49.5 Å². The number of alkyl halides is 1. The number of nitrogens with zero attached hydrogens (tertiary/aromatic N) is 7. The molecule has 1 amide bonds. The SMILES string of the molecule is Nc1ncccc1-c1nc2ccc(-n3cccn3)nc2n1-c1ccc2c(c1)CC[C@@H]2NC1CCN(C(=O)[C@@H]2C[C@@H]2F)CC1. The molecule has 8 rings (SSSR count). The molecule has 3 aliphatic rings. The molecule has 0 unspecified atom stereocenters. The number of carbonyl (C=O) groups excluding carboxylic acids is 1. The summed E-state index contributed by atoms with van der Waals surface area (Å²) in [5.74, 6) is 1.39. The van der Waals surface area contributed by atoms with Crippen molar-refractivity contribution in [2.45, 2.75) is 50.4 Å². The summed E-state index contributed by atoms with van der Waals surface area (Å²) in [5, 5.41) is 8.22. The summed E-state index contributed by atoms with van der Waals surface area (Å²) in [6, 6.07) is 16.7. The third kappa shape index (κ3) is 4.64. The Morgan fingerprint density at radius 1 is 1.02 bits per heavy atom. The van der Waals surface area contributed by atoms with E-state index in [1.165, 1.54) is 11.1 Å². The van der Waals surface area contributed by atoms with Crippen LogP contribution in [0.25, 0.3) is 34.1 Å². The van der Waals surface area contributed by atoms with Gasteiger partial charge in [-0.25, -0.2) is 24.0 Å². The summed E-state index contributed by atoms with van der Waals surface area (Å²) in [6.07, 6.45) is 8.48. The number of pyridine rings is 2. The topological polar surface area (TPSA) is 120 Å². The Kier molecular flexibility index (Phi) is 6.21. The number of likely N-dealkylation sites (tertiary alicyclic amines) is 1. The van der Waals surface area contributed by atoms with Crippen LogP contribution in [0.2, 0.25) is 0 Å². The lowest BCUT2D eigenvalue weighted by molar-refractivity contribution is -0.134. The molecule has 1 saturated carbocycles. The van der Waals surface area contributed by atoms with Crippen molar-refractivity contribution in [1.29, 1.82) is 0 Å². The summed E-state index contributed by atoms with van der Waals surface area (Å²) in [7, 11) is 0. The van der Waals surface area contributed by atoms with Gasteiger partial charge in [0.1, 0.15) is 17.5 Å². The summed E-state index contributed by atoms with van der Waals surface area (Å²) in [6.45, 7) is 1.39. The van der Waals surface area contributed by atoms with Gasteiger partial charge in [-0.1, -0.05) is 6.07 Å². The highest BCUT2D eigenvalue weighted by molar-refractivity contribution is 5.83. The minimum absolute atomic E-state index is 0.00430. The van der Waals surface area contributed by atoms with Crippen LogP contribution in [0.15, 0.2) is 67.1 Å². The molecular formula is C32H32FN9O. The van der Waals surface area contributed by atoms with Crippen LogP contribution in [0.4, 0.5) is 10.2 Å². The number of anilines is 1. The average Bonchev–Trinajstić information content (AvgIpc) is 3.41. The zero-order chi connectivity index (χ0) is 29.1. The number of piperidine rings is 1. The van der Waals surface area contributed by atoms with Gasteiger partial charge in [0.2, 0.25) is 5.91 Å². The highest BCUT2D eigenvalue weighted by atomic mass is 19.1. The van der Waals surface area contributed by atoms with Crippen LogP contribution in [0, 0.1) is 5.92 Å². The van der Waals surface area contributed by atoms with E-state index in [1.54, 1.807) is 17.1 Å². The number of nitrogens with one attached hydrogen (secondary N) is 1. The van der Waals surface area contributed by atoms with Gasteiger partial charge in [-0.05, 0) is 85.7 Å². The number of aryl methyl sites for hydroxylation is 1. The lowest BCUT2D eigenvalue weighted by Gasteiger charge is -2.34. The van der Waals surface area contributed by atoms with Gasteiger partial charge in [0.05, 0.1) is 11.5 Å². The van der Waals surface area contributed by atoms with E-state index < -0.39 is 12.1 Å². The van der Waals surface area contributed by atoms with Crippen LogP contribution in [0.1, 0.15) is 42.9 Å². The zero-order valence-corrected chi connectivity index (χ0v) is 23.6. The maximum Gasteiger partial charge on any atom is 0.228 e. The molecule has 1 aliphatic heterocycles. The fraction of sp³-hybridized carbons (Fsp3) is 0.344. The molecule has 218 valence electrons. The number of benzene rings is 1. The van der Waals surface area contributed by atoms with Gasteiger partial charge >= 0.3 is 0 Å². The van der Waals surface area contributed by atoms with Gasteiger partial charge in [-0.3, -0.25) is 9.36 Å². The number of halogens is 1. The van der Waals surface area contributed by atoms with Crippen LogP contribution in [0.5, 0.6) is 0 Å². The van der Waals surface area contributed by atoms with E-state index >= 15 is 0 Å². The summed E-state index contributed by atoms with van der Waals surface area (Å²) >= 11 is 0. The lowest BCUT2D eigenvalue weighted by Crippen LogP contribution is -2.46. The van der Waals surface area contributed by atoms with Crippen molar-refractivity contribution in [3.8, 4) is 22.9 Å². The number of amides is 1. The monoisotopic (exact) mass is 577 g/mol. The summed E-state index contributed by atoms with van der Waals surface area (Å²) < 4.78 is 17.2. The van der Waals surface area contributed by atoms with Crippen molar-refractivity contribution in [3.63, 3.8) is 0 Å². The van der Waals surface area contributed by atoms with E-state index in [2.05, 4.69) is 38.2 Å². The molecule has 0 radical (unpaired) electrons. The standard InChI is InChI=1S/C32H32FN9O/c33-25-18-24(25)32(43)40-15-10-20(11-16-40)37-26-7-4-19-17-21(5-6-22(19)26)42-30(23-3-1-12-35-29(23)34)38-27-8-9-28(39-31(27)42)41-14-2-13-36-41/h1-3,5-6,8-9,12-14,17,20,24-26,37H,4,7,10-11,15-16,18H2,(H2,34,35)/t24-,25+,26+/m1/s1. The number of carbonyl (C=O) groups is 1. The predicted octanol–water partition coefficient (Wildman–Crippen LogP) is 4.18. The van der Waals surface area contributed by atoms with Crippen LogP contribution in [0.3, 0.4) is 0 Å². The Bertz CT molecular complexity index is 1830. The largest absolute Gasteiger partial charge is 0.383 e. The second-order valence-corrected chi connectivity index (χ2v) is 11.8. The molecule has 11 heteroatoms. The Hall–Kier alpha value is -4.64. The molecule has 0 spiro atoms. The fourth-order valence-electron chi connectivity index (χ4n) is 6.63. The van der Waals surface area contributed by atoms with Crippen LogP contribution in [-0.2, 0) is 11.2 Å². The first kappa shape index (κ1) is 26.0.